The summed E-state index contributed by atoms with van der Waals surface area (Å²) in [5, 5.41) is 0. The van der Waals surface area contributed by atoms with Crippen LogP contribution in [-0.2, 0) is 9.53 Å². The highest BCUT2D eigenvalue weighted by Gasteiger charge is 2.21. The Balaban J connectivity index is 2.46. The zero-order chi connectivity index (χ0) is 11.3. The Hall–Kier alpha value is -0.350. The van der Waals surface area contributed by atoms with E-state index >= 15 is 0 Å². The molecular formula is C11H18BrNO2. The second-order valence-corrected chi connectivity index (χ2v) is 4.81. The molecule has 4 heteroatoms. The molecule has 0 saturated carbocycles. The summed E-state index contributed by atoms with van der Waals surface area (Å²) in [4.78, 5) is 13.7. The van der Waals surface area contributed by atoms with Gasteiger partial charge >= 0.3 is 0 Å². The molecular weight excluding hydrogens is 258 g/mol. The number of halogens is 1. The number of amides is 1. The lowest BCUT2D eigenvalue weighted by Gasteiger charge is -2.28. The second-order valence-electron chi connectivity index (χ2n) is 3.71. The zero-order valence-electron chi connectivity index (χ0n) is 9.33. The Bertz CT molecular complexity index is 253. The molecule has 1 aliphatic heterocycles. The molecule has 86 valence electrons. The first-order valence-corrected chi connectivity index (χ1v) is 6.20. The normalized spacial score (nSPS) is 18.6. The lowest BCUT2D eigenvalue weighted by Crippen LogP contribution is -2.39. The molecule has 1 atom stereocenters. The fraction of sp³-hybridized carbons (Fsp3) is 0.727. The van der Waals surface area contributed by atoms with Gasteiger partial charge in [0.25, 0.3) is 0 Å². The lowest BCUT2D eigenvalue weighted by atomic mass is 10.1. The Morgan fingerprint density at radius 3 is 2.93 bits per heavy atom. The van der Waals surface area contributed by atoms with Crippen molar-refractivity contribution in [2.75, 3.05) is 26.8 Å². The van der Waals surface area contributed by atoms with Crippen molar-refractivity contribution in [3.05, 3.63) is 11.6 Å². The van der Waals surface area contributed by atoms with Gasteiger partial charge in [-0.3, -0.25) is 4.79 Å². The summed E-state index contributed by atoms with van der Waals surface area (Å²) in [6.07, 6.45) is 3.87. The highest BCUT2D eigenvalue weighted by atomic mass is 79.9. The first kappa shape index (κ1) is 12.7. The van der Waals surface area contributed by atoms with Crippen LogP contribution in [0.4, 0.5) is 0 Å². The molecule has 0 aromatic rings. The van der Waals surface area contributed by atoms with E-state index in [0.29, 0.717) is 6.61 Å². The molecule has 1 unspecified atom stereocenters. The molecule has 0 radical (unpaired) electrons. The van der Waals surface area contributed by atoms with E-state index in [4.69, 9.17) is 4.74 Å². The topological polar surface area (TPSA) is 29.5 Å². The van der Waals surface area contributed by atoms with Crippen molar-refractivity contribution in [3.63, 3.8) is 0 Å². The number of carbonyl (C=O) groups is 1. The van der Waals surface area contributed by atoms with Crippen LogP contribution in [0, 0.1) is 0 Å². The van der Waals surface area contributed by atoms with Gasteiger partial charge in [0.05, 0.1) is 11.4 Å². The van der Waals surface area contributed by atoms with Crippen LogP contribution in [0.3, 0.4) is 0 Å². The smallest absolute Gasteiger partial charge is 0.236 e. The van der Waals surface area contributed by atoms with Gasteiger partial charge in [0.15, 0.2) is 0 Å². The molecule has 1 rings (SSSR count). The minimum atomic E-state index is -0.0325. The van der Waals surface area contributed by atoms with Crippen molar-refractivity contribution < 1.29 is 9.53 Å². The predicted octanol–water partition coefficient (Wildman–Crippen LogP) is 1.97. The highest BCUT2D eigenvalue weighted by Crippen LogP contribution is 2.15. The lowest BCUT2D eigenvalue weighted by molar-refractivity contribution is -0.130. The SMILES string of the molecule is CCC(Br)C(=O)N1CC=C(COC)CC1. The number of rotatable bonds is 4. The quantitative estimate of drug-likeness (QED) is 0.580. The number of carbonyl (C=O) groups excluding carboxylic acids is 1. The van der Waals surface area contributed by atoms with E-state index < -0.39 is 0 Å². The van der Waals surface area contributed by atoms with Crippen LogP contribution in [0.1, 0.15) is 19.8 Å². The van der Waals surface area contributed by atoms with Gasteiger partial charge in [0.2, 0.25) is 5.91 Å². The van der Waals surface area contributed by atoms with Crippen molar-refractivity contribution in [1.82, 2.24) is 4.90 Å². The fourth-order valence-corrected chi connectivity index (χ4v) is 1.89. The van der Waals surface area contributed by atoms with E-state index in [1.807, 2.05) is 11.8 Å². The standard InChI is InChI=1S/C11H18BrNO2/c1-3-10(12)11(14)13-6-4-9(5-7-13)8-15-2/h4,10H,3,5-8H2,1-2H3. The van der Waals surface area contributed by atoms with Crippen LogP contribution >= 0.6 is 15.9 Å². The Morgan fingerprint density at radius 1 is 1.73 bits per heavy atom. The minimum absolute atomic E-state index is 0.0325. The molecule has 0 aliphatic carbocycles. The van der Waals surface area contributed by atoms with E-state index in [1.165, 1.54) is 5.57 Å². The van der Waals surface area contributed by atoms with E-state index in [2.05, 4.69) is 22.0 Å². The summed E-state index contributed by atoms with van der Waals surface area (Å²) in [5.41, 5.74) is 1.30. The van der Waals surface area contributed by atoms with Crippen LogP contribution in [-0.4, -0.2) is 42.4 Å². The van der Waals surface area contributed by atoms with Gasteiger partial charge in [0.1, 0.15) is 0 Å². The monoisotopic (exact) mass is 275 g/mol. The van der Waals surface area contributed by atoms with Gasteiger partial charge in [-0.2, -0.15) is 0 Å². The third-order valence-corrected chi connectivity index (χ3v) is 3.61. The summed E-state index contributed by atoms with van der Waals surface area (Å²) in [6.45, 7) is 4.23. The van der Waals surface area contributed by atoms with Gasteiger partial charge in [-0.25, -0.2) is 0 Å². The molecule has 1 aliphatic rings. The number of hydrogen-bond donors (Lipinski definition) is 0. The maximum absolute atomic E-state index is 11.8. The van der Waals surface area contributed by atoms with Crippen molar-refractivity contribution >= 4 is 21.8 Å². The Morgan fingerprint density at radius 2 is 2.47 bits per heavy atom. The first-order chi connectivity index (χ1) is 7.19. The van der Waals surface area contributed by atoms with E-state index in [9.17, 15) is 4.79 Å². The van der Waals surface area contributed by atoms with Gasteiger partial charge in [-0.05, 0) is 18.4 Å². The van der Waals surface area contributed by atoms with Crippen molar-refractivity contribution in [1.29, 1.82) is 0 Å². The Labute approximate surface area is 99.6 Å². The molecule has 0 fully saturated rings. The van der Waals surface area contributed by atoms with Crippen molar-refractivity contribution in [3.8, 4) is 0 Å². The molecule has 0 saturated heterocycles. The van der Waals surface area contributed by atoms with Gasteiger partial charge in [0, 0.05) is 20.2 Å². The summed E-state index contributed by atoms with van der Waals surface area (Å²) >= 11 is 3.39. The van der Waals surface area contributed by atoms with E-state index in [0.717, 1.165) is 25.9 Å². The minimum Gasteiger partial charge on any atom is -0.380 e. The first-order valence-electron chi connectivity index (χ1n) is 5.28. The van der Waals surface area contributed by atoms with Gasteiger partial charge in [-0.1, -0.05) is 28.9 Å². The number of nitrogens with zero attached hydrogens (tertiary/aromatic N) is 1. The maximum Gasteiger partial charge on any atom is 0.236 e. The van der Waals surface area contributed by atoms with Crippen LogP contribution < -0.4 is 0 Å². The van der Waals surface area contributed by atoms with E-state index in [-0.39, 0.29) is 10.7 Å². The molecule has 0 aromatic carbocycles. The number of hydrogen-bond acceptors (Lipinski definition) is 2. The average Bonchev–Trinajstić information content (AvgIpc) is 2.28. The Kier molecular flexibility index (Phi) is 5.32. The van der Waals surface area contributed by atoms with Crippen LogP contribution in [0.25, 0.3) is 0 Å². The maximum atomic E-state index is 11.8. The molecule has 1 heterocycles. The van der Waals surface area contributed by atoms with Crippen molar-refractivity contribution in [2.45, 2.75) is 24.6 Å². The second kappa shape index (κ2) is 6.28. The molecule has 0 bridgehead atoms. The molecule has 15 heavy (non-hydrogen) atoms. The van der Waals surface area contributed by atoms with Gasteiger partial charge in [-0.15, -0.1) is 0 Å². The third kappa shape index (κ3) is 3.61. The van der Waals surface area contributed by atoms with Gasteiger partial charge < -0.3 is 9.64 Å². The van der Waals surface area contributed by atoms with Crippen LogP contribution in [0.15, 0.2) is 11.6 Å². The predicted molar refractivity (Wildman–Crippen MR) is 64.2 cm³/mol. The van der Waals surface area contributed by atoms with Crippen LogP contribution in [0.5, 0.6) is 0 Å². The largest absolute Gasteiger partial charge is 0.380 e. The molecule has 1 amide bonds. The molecule has 0 N–H and O–H groups in total. The van der Waals surface area contributed by atoms with Crippen molar-refractivity contribution in [2.24, 2.45) is 0 Å². The zero-order valence-corrected chi connectivity index (χ0v) is 10.9. The number of methoxy groups -OCH3 is 1. The molecule has 3 nitrogen and oxygen atoms in total. The number of ether oxygens (including phenoxy) is 1. The highest BCUT2D eigenvalue weighted by molar-refractivity contribution is 9.10. The molecule has 0 aromatic heterocycles. The number of alkyl halides is 1. The summed E-state index contributed by atoms with van der Waals surface area (Å²) < 4.78 is 5.06. The van der Waals surface area contributed by atoms with Crippen LogP contribution in [0.2, 0.25) is 0 Å². The summed E-state index contributed by atoms with van der Waals surface area (Å²) in [7, 11) is 1.70. The fourth-order valence-electron chi connectivity index (χ4n) is 1.60. The molecule has 0 spiro atoms. The third-order valence-electron chi connectivity index (χ3n) is 2.57. The average molecular weight is 276 g/mol. The van der Waals surface area contributed by atoms with E-state index in [1.54, 1.807) is 7.11 Å². The summed E-state index contributed by atoms with van der Waals surface area (Å²) in [6, 6.07) is 0. The summed E-state index contributed by atoms with van der Waals surface area (Å²) in [5.74, 6) is 0.199.